The Morgan fingerprint density at radius 1 is 1.10 bits per heavy atom. The average Bonchev–Trinajstić information content (AvgIpc) is 2.55. The number of Topliss-reactive ketones (excluding diaryl/α,β-unsaturated/α-hetero) is 1. The highest BCUT2D eigenvalue weighted by Gasteiger charge is 2.05. The fourth-order valence-corrected chi connectivity index (χ4v) is 2.03. The van der Waals surface area contributed by atoms with Crippen molar-refractivity contribution in [3.8, 4) is 11.5 Å². The van der Waals surface area contributed by atoms with Crippen LogP contribution in [0, 0.1) is 0 Å². The van der Waals surface area contributed by atoms with E-state index in [-0.39, 0.29) is 5.78 Å². The van der Waals surface area contributed by atoms with Crippen molar-refractivity contribution in [1.29, 1.82) is 0 Å². The van der Waals surface area contributed by atoms with Gasteiger partial charge in [0.25, 0.3) is 0 Å². The Bertz CT molecular complexity index is 782. The summed E-state index contributed by atoms with van der Waals surface area (Å²) in [6.45, 7) is 1.82. The summed E-state index contributed by atoms with van der Waals surface area (Å²) in [5.74, 6) is 1.31. The Hall–Kier alpha value is -2.75. The van der Waals surface area contributed by atoms with E-state index >= 15 is 0 Å². The first kappa shape index (κ1) is 13.2. The summed E-state index contributed by atoms with van der Waals surface area (Å²) in [6.07, 6.45) is 3.76. The lowest BCUT2D eigenvalue weighted by Gasteiger charge is -2.06. The Labute approximate surface area is 122 Å². The van der Waals surface area contributed by atoms with Gasteiger partial charge >= 0.3 is 0 Å². The maximum Gasteiger partial charge on any atom is 0.180 e. The van der Waals surface area contributed by atoms with Crippen molar-refractivity contribution in [2.45, 2.75) is 13.3 Å². The molecule has 0 fully saturated rings. The lowest BCUT2D eigenvalue weighted by Crippen LogP contribution is -1.99. The lowest BCUT2D eigenvalue weighted by atomic mass is 10.2. The first-order valence-corrected chi connectivity index (χ1v) is 6.78. The largest absolute Gasteiger partial charge is 0.456 e. The smallest absolute Gasteiger partial charge is 0.180 e. The van der Waals surface area contributed by atoms with Gasteiger partial charge in [-0.05, 0) is 30.3 Å². The Morgan fingerprint density at radius 3 is 2.71 bits per heavy atom. The molecule has 0 unspecified atom stereocenters. The SMILES string of the molecule is CCC(=O)c1ccc(Oc2ccc3cccnc3c2)cn1. The topological polar surface area (TPSA) is 52.1 Å². The van der Waals surface area contributed by atoms with Crippen LogP contribution >= 0.6 is 0 Å². The molecule has 4 heteroatoms. The van der Waals surface area contributed by atoms with Gasteiger partial charge in [-0.25, -0.2) is 4.98 Å². The first-order chi connectivity index (χ1) is 10.3. The van der Waals surface area contributed by atoms with Gasteiger partial charge in [0, 0.05) is 24.1 Å². The highest BCUT2D eigenvalue weighted by molar-refractivity contribution is 5.93. The van der Waals surface area contributed by atoms with Crippen LogP contribution in [-0.2, 0) is 0 Å². The van der Waals surface area contributed by atoms with E-state index in [0.29, 0.717) is 23.6 Å². The van der Waals surface area contributed by atoms with Gasteiger partial charge in [0.2, 0.25) is 0 Å². The molecule has 2 aromatic heterocycles. The standard InChI is InChI=1S/C17H14N2O2/c1-2-17(20)15-8-7-14(11-19-15)21-13-6-5-12-4-3-9-18-16(12)10-13/h3-11H,2H2,1H3. The predicted molar refractivity (Wildman–Crippen MR) is 80.7 cm³/mol. The zero-order valence-corrected chi connectivity index (χ0v) is 11.6. The maximum atomic E-state index is 11.5. The molecule has 0 bridgehead atoms. The molecule has 0 spiro atoms. The summed E-state index contributed by atoms with van der Waals surface area (Å²) < 4.78 is 5.74. The third kappa shape index (κ3) is 2.89. The number of fused-ring (bicyclic) bond motifs is 1. The summed E-state index contributed by atoms with van der Waals surface area (Å²) >= 11 is 0. The molecule has 21 heavy (non-hydrogen) atoms. The molecule has 0 N–H and O–H groups in total. The van der Waals surface area contributed by atoms with Crippen LogP contribution < -0.4 is 4.74 Å². The van der Waals surface area contributed by atoms with Crippen LogP contribution in [0.5, 0.6) is 11.5 Å². The highest BCUT2D eigenvalue weighted by Crippen LogP contribution is 2.24. The van der Waals surface area contributed by atoms with E-state index < -0.39 is 0 Å². The first-order valence-electron chi connectivity index (χ1n) is 6.78. The number of aromatic nitrogens is 2. The molecule has 104 valence electrons. The van der Waals surface area contributed by atoms with Crippen molar-refractivity contribution >= 4 is 16.7 Å². The van der Waals surface area contributed by atoms with Gasteiger partial charge in [-0.3, -0.25) is 9.78 Å². The third-order valence-electron chi connectivity index (χ3n) is 3.16. The van der Waals surface area contributed by atoms with E-state index in [0.717, 1.165) is 10.9 Å². The number of hydrogen-bond acceptors (Lipinski definition) is 4. The van der Waals surface area contributed by atoms with Crippen molar-refractivity contribution in [2.24, 2.45) is 0 Å². The zero-order valence-electron chi connectivity index (χ0n) is 11.6. The summed E-state index contributed by atoms with van der Waals surface area (Å²) in [6, 6.07) is 13.0. The molecule has 0 saturated heterocycles. The van der Waals surface area contributed by atoms with Gasteiger partial charge in [0.05, 0.1) is 11.7 Å². The van der Waals surface area contributed by atoms with Crippen LogP contribution in [0.1, 0.15) is 23.8 Å². The van der Waals surface area contributed by atoms with Crippen LogP contribution in [0.25, 0.3) is 10.9 Å². The number of ketones is 1. The van der Waals surface area contributed by atoms with Crippen LogP contribution in [0.15, 0.2) is 54.9 Å². The molecule has 0 saturated carbocycles. The molecule has 0 aliphatic heterocycles. The molecule has 3 aromatic rings. The monoisotopic (exact) mass is 278 g/mol. The molecule has 2 heterocycles. The highest BCUT2D eigenvalue weighted by atomic mass is 16.5. The van der Waals surface area contributed by atoms with E-state index in [1.807, 2.05) is 37.3 Å². The molecular weight excluding hydrogens is 264 g/mol. The number of nitrogens with zero attached hydrogens (tertiary/aromatic N) is 2. The van der Waals surface area contributed by atoms with Gasteiger partial charge in [-0.1, -0.05) is 13.0 Å². The fraction of sp³-hybridized carbons (Fsp3) is 0.118. The minimum atomic E-state index is 0.0245. The molecule has 1 aromatic carbocycles. The van der Waals surface area contributed by atoms with Crippen LogP contribution in [-0.4, -0.2) is 15.8 Å². The number of pyridine rings is 2. The molecular formula is C17H14N2O2. The normalized spacial score (nSPS) is 10.5. The van der Waals surface area contributed by atoms with E-state index in [2.05, 4.69) is 9.97 Å². The van der Waals surface area contributed by atoms with E-state index in [1.54, 1.807) is 24.5 Å². The second kappa shape index (κ2) is 5.71. The number of ether oxygens (including phenoxy) is 1. The molecule has 4 nitrogen and oxygen atoms in total. The molecule has 0 radical (unpaired) electrons. The van der Waals surface area contributed by atoms with E-state index in [9.17, 15) is 4.79 Å². The Balaban J connectivity index is 1.83. The molecule has 0 aliphatic carbocycles. The van der Waals surface area contributed by atoms with Crippen molar-refractivity contribution in [3.63, 3.8) is 0 Å². The summed E-state index contributed by atoms with van der Waals surface area (Å²) in [5.41, 5.74) is 1.34. The minimum Gasteiger partial charge on any atom is -0.456 e. The van der Waals surface area contributed by atoms with E-state index in [1.165, 1.54) is 0 Å². The van der Waals surface area contributed by atoms with Gasteiger partial charge in [-0.2, -0.15) is 0 Å². The van der Waals surface area contributed by atoms with Gasteiger partial charge in [0.1, 0.15) is 17.2 Å². The van der Waals surface area contributed by atoms with E-state index in [4.69, 9.17) is 4.74 Å². The van der Waals surface area contributed by atoms with Crippen molar-refractivity contribution in [3.05, 3.63) is 60.6 Å². The summed E-state index contributed by atoms with van der Waals surface area (Å²) in [7, 11) is 0. The second-order valence-electron chi connectivity index (χ2n) is 4.62. The van der Waals surface area contributed by atoms with Gasteiger partial charge in [0.15, 0.2) is 5.78 Å². The minimum absolute atomic E-state index is 0.0245. The fourth-order valence-electron chi connectivity index (χ4n) is 2.03. The second-order valence-corrected chi connectivity index (χ2v) is 4.62. The molecule has 0 aliphatic rings. The van der Waals surface area contributed by atoms with Crippen molar-refractivity contribution < 1.29 is 9.53 Å². The number of carbonyl (C=O) groups excluding carboxylic acids is 1. The Kier molecular flexibility index (Phi) is 3.60. The van der Waals surface area contributed by atoms with Crippen molar-refractivity contribution in [2.75, 3.05) is 0 Å². The quantitative estimate of drug-likeness (QED) is 0.676. The Morgan fingerprint density at radius 2 is 1.95 bits per heavy atom. The van der Waals surface area contributed by atoms with Crippen LogP contribution in [0.4, 0.5) is 0 Å². The lowest BCUT2D eigenvalue weighted by molar-refractivity contribution is 0.0983. The van der Waals surface area contributed by atoms with Crippen LogP contribution in [0.3, 0.4) is 0 Å². The average molecular weight is 278 g/mol. The maximum absolute atomic E-state index is 11.5. The number of carbonyl (C=O) groups is 1. The third-order valence-corrected chi connectivity index (χ3v) is 3.16. The zero-order chi connectivity index (χ0) is 14.7. The summed E-state index contributed by atoms with van der Waals surface area (Å²) in [5, 5.41) is 1.06. The van der Waals surface area contributed by atoms with Gasteiger partial charge in [-0.15, -0.1) is 0 Å². The predicted octanol–water partition coefficient (Wildman–Crippen LogP) is 4.01. The molecule has 3 rings (SSSR count). The number of hydrogen-bond donors (Lipinski definition) is 0. The number of benzene rings is 1. The van der Waals surface area contributed by atoms with Crippen LogP contribution in [0.2, 0.25) is 0 Å². The van der Waals surface area contributed by atoms with Crippen molar-refractivity contribution in [1.82, 2.24) is 9.97 Å². The summed E-state index contributed by atoms with van der Waals surface area (Å²) in [4.78, 5) is 19.9. The van der Waals surface area contributed by atoms with Gasteiger partial charge < -0.3 is 4.74 Å². The number of rotatable bonds is 4. The molecule has 0 amide bonds. The molecule has 0 atom stereocenters.